The van der Waals surface area contributed by atoms with Gasteiger partial charge in [0, 0.05) is 0 Å². The third-order valence-corrected chi connectivity index (χ3v) is 2.83. The predicted octanol–water partition coefficient (Wildman–Crippen LogP) is 0.135. The van der Waals surface area contributed by atoms with Gasteiger partial charge < -0.3 is 15.3 Å². The van der Waals surface area contributed by atoms with Crippen LogP contribution in [0.3, 0.4) is 0 Å². The molecule has 0 heterocycles. The summed E-state index contributed by atoms with van der Waals surface area (Å²) in [6.07, 6.45) is -1.05. The molecule has 1 rings (SSSR count). The van der Waals surface area contributed by atoms with Crippen molar-refractivity contribution in [1.82, 2.24) is 0 Å². The van der Waals surface area contributed by atoms with Crippen LogP contribution in [-0.4, -0.2) is 33.6 Å². The van der Waals surface area contributed by atoms with E-state index in [1.54, 1.807) is 0 Å². The van der Waals surface area contributed by atoms with E-state index in [0.717, 1.165) is 6.42 Å². The van der Waals surface area contributed by atoms with Crippen molar-refractivity contribution < 1.29 is 15.3 Å². The predicted molar refractivity (Wildman–Crippen MR) is 45.6 cm³/mol. The third kappa shape index (κ3) is 1.79. The second-order valence-electron chi connectivity index (χ2n) is 4.03. The van der Waals surface area contributed by atoms with Crippen LogP contribution in [0, 0.1) is 11.8 Å². The van der Waals surface area contributed by atoms with Gasteiger partial charge in [-0.3, -0.25) is 0 Å². The van der Waals surface area contributed by atoms with Crippen molar-refractivity contribution in [1.29, 1.82) is 0 Å². The highest BCUT2D eigenvalue weighted by Crippen LogP contribution is 2.30. The Balaban J connectivity index is 2.58. The van der Waals surface area contributed by atoms with Crippen molar-refractivity contribution in [2.45, 2.75) is 45.0 Å². The molecule has 1 aliphatic carbocycles. The molecule has 3 heteroatoms. The van der Waals surface area contributed by atoms with Crippen LogP contribution in [0.15, 0.2) is 0 Å². The number of hydrogen-bond donors (Lipinski definition) is 3. The number of hydrogen-bond acceptors (Lipinski definition) is 3. The Morgan fingerprint density at radius 3 is 2.08 bits per heavy atom. The zero-order chi connectivity index (χ0) is 9.30. The van der Waals surface area contributed by atoms with Crippen LogP contribution in [0.2, 0.25) is 0 Å². The number of aliphatic hydroxyl groups is 3. The molecule has 72 valence electrons. The van der Waals surface area contributed by atoms with Gasteiger partial charge in [-0.2, -0.15) is 0 Å². The van der Waals surface area contributed by atoms with Crippen molar-refractivity contribution in [2.75, 3.05) is 0 Å². The Hall–Kier alpha value is -0.120. The van der Waals surface area contributed by atoms with Gasteiger partial charge in [-0.05, 0) is 24.7 Å². The highest BCUT2D eigenvalue weighted by atomic mass is 16.4. The molecule has 0 unspecified atom stereocenters. The molecular weight excluding hydrogens is 156 g/mol. The van der Waals surface area contributed by atoms with Gasteiger partial charge in [-0.15, -0.1) is 0 Å². The molecule has 4 atom stereocenters. The molecular formula is C9H18O3. The van der Waals surface area contributed by atoms with E-state index in [1.165, 1.54) is 0 Å². The van der Waals surface area contributed by atoms with Crippen LogP contribution in [0.25, 0.3) is 0 Å². The maximum Gasteiger partial charge on any atom is 0.106 e. The SMILES string of the molecule is CC(C)[C@H]1CC[C@H](O)[C@H](O)[C@H]1O. The topological polar surface area (TPSA) is 60.7 Å². The second kappa shape index (κ2) is 3.73. The molecule has 1 saturated carbocycles. The summed E-state index contributed by atoms with van der Waals surface area (Å²) in [5.41, 5.74) is 0. The first-order chi connectivity index (χ1) is 5.54. The summed E-state index contributed by atoms with van der Waals surface area (Å²) in [6, 6.07) is 0. The molecule has 0 aromatic rings. The minimum Gasteiger partial charge on any atom is -0.390 e. The van der Waals surface area contributed by atoms with Crippen molar-refractivity contribution >= 4 is 0 Å². The Kier molecular flexibility index (Phi) is 3.09. The van der Waals surface area contributed by atoms with E-state index in [-0.39, 0.29) is 5.92 Å². The van der Waals surface area contributed by atoms with E-state index in [4.69, 9.17) is 0 Å². The lowest BCUT2D eigenvalue weighted by molar-refractivity contribution is -0.118. The monoisotopic (exact) mass is 174 g/mol. The minimum atomic E-state index is -0.953. The molecule has 0 bridgehead atoms. The molecule has 0 aromatic carbocycles. The lowest BCUT2D eigenvalue weighted by Gasteiger charge is -2.37. The van der Waals surface area contributed by atoms with Crippen molar-refractivity contribution in [2.24, 2.45) is 11.8 Å². The molecule has 0 amide bonds. The van der Waals surface area contributed by atoms with Crippen LogP contribution in [-0.2, 0) is 0 Å². The van der Waals surface area contributed by atoms with Crippen LogP contribution >= 0.6 is 0 Å². The van der Waals surface area contributed by atoms with Crippen LogP contribution in [0.1, 0.15) is 26.7 Å². The Bertz CT molecular complexity index is 147. The maximum atomic E-state index is 9.57. The van der Waals surface area contributed by atoms with Crippen LogP contribution in [0.4, 0.5) is 0 Å². The standard InChI is InChI=1S/C9H18O3/c1-5(2)6-3-4-7(10)9(12)8(6)11/h5-12H,3-4H2,1-2H3/t6-,7+,8+,9+/m1/s1. The van der Waals surface area contributed by atoms with Gasteiger partial charge in [0.15, 0.2) is 0 Å². The summed E-state index contributed by atoms with van der Waals surface area (Å²) in [5.74, 6) is 0.491. The van der Waals surface area contributed by atoms with Gasteiger partial charge >= 0.3 is 0 Å². The molecule has 3 N–H and O–H groups in total. The van der Waals surface area contributed by atoms with Crippen molar-refractivity contribution in [3.63, 3.8) is 0 Å². The van der Waals surface area contributed by atoms with Crippen LogP contribution < -0.4 is 0 Å². The largest absolute Gasteiger partial charge is 0.390 e. The Morgan fingerprint density at radius 1 is 1.00 bits per heavy atom. The Labute approximate surface area is 73.0 Å². The summed E-state index contributed by atoms with van der Waals surface area (Å²) in [4.78, 5) is 0. The maximum absolute atomic E-state index is 9.57. The molecule has 1 aliphatic rings. The molecule has 0 saturated heterocycles. The summed E-state index contributed by atoms with van der Waals surface area (Å²) < 4.78 is 0. The quantitative estimate of drug-likeness (QED) is 0.529. The fourth-order valence-corrected chi connectivity index (χ4v) is 1.91. The summed E-state index contributed by atoms with van der Waals surface area (Å²) in [7, 11) is 0. The fraction of sp³-hybridized carbons (Fsp3) is 1.00. The molecule has 1 fully saturated rings. The van der Waals surface area contributed by atoms with E-state index in [9.17, 15) is 15.3 Å². The smallest absolute Gasteiger partial charge is 0.106 e. The normalized spacial score (nSPS) is 43.5. The summed E-state index contributed by atoms with van der Waals surface area (Å²) in [5, 5.41) is 28.2. The second-order valence-corrected chi connectivity index (χ2v) is 4.03. The first kappa shape index (κ1) is 9.96. The van der Waals surface area contributed by atoms with Gasteiger partial charge in [-0.25, -0.2) is 0 Å². The lowest BCUT2D eigenvalue weighted by atomic mass is 9.77. The molecule has 0 radical (unpaired) electrons. The van der Waals surface area contributed by atoms with Gasteiger partial charge in [0.2, 0.25) is 0 Å². The first-order valence-corrected chi connectivity index (χ1v) is 4.58. The molecule has 0 spiro atoms. The molecule has 3 nitrogen and oxygen atoms in total. The van der Waals surface area contributed by atoms with Crippen LogP contribution in [0.5, 0.6) is 0 Å². The zero-order valence-electron chi connectivity index (χ0n) is 7.64. The third-order valence-electron chi connectivity index (χ3n) is 2.83. The van der Waals surface area contributed by atoms with Gasteiger partial charge in [0.25, 0.3) is 0 Å². The minimum absolute atomic E-state index is 0.128. The molecule has 0 aliphatic heterocycles. The van der Waals surface area contributed by atoms with Gasteiger partial charge in [0.05, 0.1) is 12.2 Å². The van der Waals surface area contributed by atoms with Crippen molar-refractivity contribution in [3.05, 3.63) is 0 Å². The zero-order valence-corrected chi connectivity index (χ0v) is 7.64. The van der Waals surface area contributed by atoms with E-state index in [2.05, 4.69) is 0 Å². The summed E-state index contributed by atoms with van der Waals surface area (Å²) in [6.45, 7) is 4.05. The highest BCUT2D eigenvalue weighted by molar-refractivity contribution is 4.88. The highest BCUT2D eigenvalue weighted by Gasteiger charge is 2.37. The average Bonchev–Trinajstić information content (AvgIpc) is 2.00. The summed E-state index contributed by atoms with van der Waals surface area (Å²) >= 11 is 0. The van der Waals surface area contributed by atoms with Crippen molar-refractivity contribution in [3.8, 4) is 0 Å². The van der Waals surface area contributed by atoms with Gasteiger partial charge in [0.1, 0.15) is 6.10 Å². The Morgan fingerprint density at radius 2 is 1.58 bits per heavy atom. The van der Waals surface area contributed by atoms with E-state index in [1.807, 2.05) is 13.8 Å². The fourth-order valence-electron chi connectivity index (χ4n) is 1.91. The van der Waals surface area contributed by atoms with E-state index in [0.29, 0.717) is 12.3 Å². The average molecular weight is 174 g/mol. The molecule has 0 aromatic heterocycles. The van der Waals surface area contributed by atoms with Gasteiger partial charge in [-0.1, -0.05) is 13.8 Å². The van der Waals surface area contributed by atoms with E-state index >= 15 is 0 Å². The first-order valence-electron chi connectivity index (χ1n) is 4.58. The number of rotatable bonds is 1. The van der Waals surface area contributed by atoms with E-state index < -0.39 is 18.3 Å². The number of aliphatic hydroxyl groups excluding tert-OH is 3. The lowest BCUT2D eigenvalue weighted by Crippen LogP contribution is -2.47. The molecule has 12 heavy (non-hydrogen) atoms.